The first kappa shape index (κ1) is 10.6. The lowest BCUT2D eigenvalue weighted by molar-refractivity contribution is 0.472. The highest BCUT2D eigenvalue weighted by molar-refractivity contribution is 5.28. The standard InChI is InChI=1S/C10H13N5O/c1-7(8-3-2-4-9(16)5-8)11-6-10-12-14-15-13-10/h2-5,7,11,16H,6H2,1H3,(H,12,13,14,15). The minimum absolute atomic E-state index is 0.116. The Morgan fingerprint density at radius 3 is 3.06 bits per heavy atom. The van der Waals surface area contributed by atoms with Crippen molar-refractivity contribution in [1.29, 1.82) is 0 Å². The number of tetrazole rings is 1. The first-order valence-corrected chi connectivity index (χ1v) is 5.00. The lowest BCUT2D eigenvalue weighted by Crippen LogP contribution is -2.18. The van der Waals surface area contributed by atoms with Crippen molar-refractivity contribution in [2.75, 3.05) is 0 Å². The summed E-state index contributed by atoms with van der Waals surface area (Å²) in [4.78, 5) is 0. The van der Waals surface area contributed by atoms with E-state index in [1.807, 2.05) is 19.1 Å². The Balaban J connectivity index is 1.95. The minimum Gasteiger partial charge on any atom is -0.508 e. The van der Waals surface area contributed by atoms with Crippen LogP contribution in [0.4, 0.5) is 0 Å². The molecule has 0 radical (unpaired) electrons. The van der Waals surface area contributed by atoms with E-state index >= 15 is 0 Å². The van der Waals surface area contributed by atoms with Crippen molar-refractivity contribution in [3.05, 3.63) is 35.7 Å². The average Bonchev–Trinajstić information content (AvgIpc) is 2.78. The number of phenolic OH excluding ortho intramolecular Hbond substituents is 1. The average molecular weight is 219 g/mol. The van der Waals surface area contributed by atoms with Crippen molar-refractivity contribution in [2.24, 2.45) is 0 Å². The molecule has 0 aliphatic carbocycles. The van der Waals surface area contributed by atoms with Crippen LogP contribution in [0.2, 0.25) is 0 Å². The highest BCUT2D eigenvalue weighted by atomic mass is 16.3. The van der Waals surface area contributed by atoms with E-state index < -0.39 is 0 Å². The number of aromatic amines is 1. The third kappa shape index (κ3) is 2.54. The van der Waals surface area contributed by atoms with E-state index in [4.69, 9.17) is 0 Å². The Morgan fingerprint density at radius 2 is 2.38 bits per heavy atom. The van der Waals surface area contributed by atoms with Crippen LogP contribution < -0.4 is 5.32 Å². The van der Waals surface area contributed by atoms with Gasteiger partial charge in [-0.25, -0.2) is 0 Å². The Kier molecular flexibility index (Phi) is 3.11. The molecule has 0 amide bonds. The van der Waals surface area contributed by atoms with Crippen LogP contribution in [0.15, 0.2) is 24.3 Å². The van der Waals surface area contributed by atoms with Crippen LogP contribution in [0.3, 0.4) is 0 Å². The number of phenols is 1. The maximum absolute atomic E-state index is 9.35. The molecule has 0 fully saturated rings. The van der Waals surface area contributed by atoms with E-state index in [1.165, 1.54) is 0 Å². The van der Waals surface area contributed by atoms with Crippen molar-refractivity contribution in [2.45, 2.75) is 19.5 Å². The van der Waals surface area contributed by atoms with Gasteiger partial charge in [0.1, 0.15) is 5.75 Å². The molecule has 0 aliphatic rings. The van der Waals surface area contributed by atoms with E-state index in [0.29, 0.717) is 12.4 Å². The van der Waals surface area contributed by atoms with Gasteiger partial charge in [-0.2, -0.15) is 5.21 Å². The van der Waals surface area contributed by atoms with Gasteiger partial charge in [0.15, 0.2) is 5.82 Å². The fourth-order valence-corrected chi connectivity index (χ4v) is 1.41. The summed E-state index contributed by atoms with van der Waals surface area (Å²) in [7, 11) is 0. The molecule has 0 aliphatic heterocycles. The van der Waals surface area contributed by atoms with Gasteiger partial charge in [0.05, 0.1) is 6.54 Å². The zero-order valence-electron chi connectivity index (χ0n) is 8.88. The van der Waals surface area contributed by atoms with Gasteiger partial charge in [-0.1, -0.05) is 17.3 Å². The molecule has 0 spiro atoms. The Bertz CT molecular complexity index is 442. The van der Waals surface area contributed by atoms with E-state index in [9.17, 15) is 5.11 Å². The second kappa shape index (κ2) is 4.71. The van der Waals surface area contributed by atoms with E-state index in [0.717, 1.165) is 5.56 Å². The molecule has 1 atom stereocenters. The van der Waals surface area contributed by atoms with E-state index in [2.05, 4.69) is 25.9 Å². The predicted octanol–water partition coefficient (Wildman–Crippen LogP) is 0.756. The van der Waals surface area contributed by atoms with Crippen LogP contribution >= 0.6 is 0 Å². The SMILES string of the molecule is CC(NCc1nn[nH]n1)c1cccc(O)c1. The quantitative estimate of drug-likeness (QED) is 0.706. The Hall–Kier alpha value is -1.95. The maximum atomic E-state index is 9.35. The van der Waals surface area contributed by atoms with E-state index in [-0.39, 0.29) is 11.8 Å². The lowest BCUT2D eigenvalue weighted by Gasteiger charge is -2.12. The van der Waals surface area contributed by atoms with Gasteiger partial charge in [0.2, 0.25) is 0 Å². The van der Waals surface area contributed by atoms with E-state index in [1.54, 1.807) is 12.1 Å². The number of aromatic hydroxyl groups is 1. The van der Waals surface area contributed by atoms with Crippen molar-refractivity contribution in [3.8, 4) is 5.75 Å². The largest absolute Gasteiger partial charge is 0.508 e. The van der Waals surface area contributed by atoms with Crippen molar-refractivity contribution >= 4 is 0 Å². The summed E-state index contributed by atoms with van der Waals surface area (Å²) in [5.41, 5.74) is 1.02. The van der Waals surface area contributed by atoms with Gasteiger partial charge in [-0.15, -0.1) is 10.2 Å². The smallest absolute Gasteiger partial charge is 0.188 e. The molecular formula is C10H13N5O. The van der Waals surface area contributed by atoms with Crippen LogP contribution in [0.5, 0.6) is 5.75 Å². The molecule has 1 unspecified atom stereocenters. The Labute approximate surface area is 92.7 Å². The van der Waals surface area contributed by atoms with Crippen LogP contribution in [0.1, 0.15) is 24.4 Å². The fraction of sp³-hybridized carbons (Fsp3) is 0.300. The van der Waals surface area contributed by atoms with Crippen LogP contribution in [0.25, 0.3) is 0 Å². The highest BCUT2D eigenvalue weighted by Gasteiger charge is 2.06. The number of nitrogens with zero attached hydrogens (tertiary/aromatic N) is 3. The summed E-state index contributed by atoms with van der Waals surface area (Å²) >= 11 is 0. The normalized spacial score (nSPS) is 12.6. The topological polar surface area (TPSA) is 86.7 Å². The summed E-state index contributed by atoms with van der Waals surface area (Å²) in [6.07, 6.45) is 0. The number of aromatic nitrogens is 4. The zero-order chi connectivity index (χ0) is 11.4. The molecule has 0 saturated heterocycles. The number of hydrogen-bond acceptors (Lipinski definition) is 5. The molecule has 84 valence electrons. The molecule has 1 aromatic heterocycles. The first-order valence-electron chi connectivity index (χ1n) is 5.00. The maximum Gasteiger partial charge on any atom is 0.188 e. The second-order valence-corrected chi connectivity index (χ2v) is 3.53. The molecule has 2 aromatic rings. The molecule has 6 heteroatoms. The minimum atomic E-state index is 0.116. The summed E-state index contributed by atoms with van der Waals surface area (Å²) in [6.45, 7) is 2.54. The molecule has 3 N–H and O–H groups in total. The Morgan fingerprint density at radius 1 is 1.50 bits per heavy atom. The molecule has 0 saturated carbocycles. The monoisotopic (exact) mass is 219 g/mol. The van der Waals surface area contributed by atoms with Crippen molar-refractivity contribution in [3.63, 3.8) is 0 Å². The number of nitrogens with one attached hydrogen (secondary N) is 2. The van der Waals surface area contributed by atoms with Crippen LogP contribution in [-0.2, 0) is 6.54 Å². The van der Waals surface area contributed by atoms with Crippen molar-refractivity contribution < 1.29 is 5.11 Å². The fourth-order valence-electron chi connectivity index (χ4n) is 1.41. The molecule has 1 aromatic carbocycles. The first-order chi connectivity index (χ1) is 7.75. The summed E-state index contributed by atoms with van der Waals surface area (Å²) in [5.74, 6) is 0.887. The van der Waals surface area contributed by atoms with Crippen molar-refractivity contribution in [1.82, 2.24) is 25.9 Å². The van der Waals surface area contributed by atoms with Gasteiger partial charge in [-0.05, 0) is 24.6 Å². The third-order valence-electron chi connectivity index (χ3n) is 2.33. The second-order valence-electron chi connectivity index (χ2n) is 3.53. The number of benzene rings is 1. The summed E-state index contributed by atoms with van der Waals surface area (Å²) < 4.78 is 0. The molecule has 0 bridgehead atoms. The van der Waals surface area contributed by atoms with Gasteiger partial charge >= 0.3 is 0 Å². The number of H-pyrrole nitrogens is 1. The summed E-state index contributed by atoms with van der Waals surface area (Å²) in [6, 6.07) is 7.26. The van der Waals surface area contributed by atoms with Gasteiger partial charge in [-0.3, -0.25) is 0 Å². The molecule has 6 nitrogen and oxygen atoms in total. The third-order valence-corrected chi connectivity index (χ3v) is 2.33. The lowest BCUT2D eigenvalue weighted by atomic mass is 10.1. The van der Waals surface area contributed by atoms with Gasteiger partial charge in [0, 0.05) is 6.04 Å². The van der Waals surface area contributed by atoms with Crippen LogP contribution in [0, 0.1) is 0 Å². The molecular weight excluding hydrogens is 206 g/mol. The van der Waals surface area contributed by atoms with Gasteiger partial charge < -0.3 is 10.4 Å². The zero-order valence-corrected chi connectivity index (χ0v) is 8.88. The predicted molar refractivity (Wildman–Crippen MR) is 57.5 cm³/mol. The van der Waals surface area contributed by atoms with Crippen LogP contribution in [-0.4, -0.2) is 25.7 Å². The highest BCUT2D eigenvalue weighted by Crippen LogP contribution is 2.17. The molecule has 1 heterocycles. The molecule has 16 heavy (non-hydrogen) atoms. The summed E-state index contributed by atoms with van der Waals surface area (Å²) in [5, 5.41) is 26.1. The molecule has 2 rings (SSSR count). The number of hydrogen-bond donors (Lipinski definition) is 3. The number of rotatable bonds is 4. The van der Waals surface area contributed by atoms with Gasteiger partial charge in [0.25, 0.3) is 0 Å².